The molecule has 0 aromatic carbocycles. The molecule has 0 bridgehead atoms. The predicted molar refractivity (Wildman–Crippen MR) is 70.2 cm³/mol. The third-order valence-corrected chi connectivity index (χ3v) is 3.19. The number of rotatable bonds is 8. The van der Waals surface area contributed by atoms with E-state index >= 15 is 0 Å². The molecule has 6 heteroatoms. The van der Waals surface area contributed by atoms with E-state index < -0.39 is 5.91 Å². The average Bonchev–Trinajstić information content (AvgIpc) is 3.12. The molecule has 1 aromatic rings. The van der Waals surface area contributed by atoms with Crippen LogP contribution in [0.15, 0.2) is 16.7 Å². The van der Waals surface area contributed by atoms with Crippen LogP contribution in [0.5, 0.6) is 0 Å². The largest absolute Gasteiger partial charge is 0.459 e. The average molecular weight is 267 g/mol. The number of likely N-dealkylation sites (N-methyl/N-ethyl adjacent to an activating group) is 1. The Morgan fingerprint density at radius 2 is 2.42 bits per heavy atom. The lowest BCUT2D eigenvalue weighted by molar-refractivity contribution is 0.0919. The van der Waals surface area contributed by atoms with Gasteiger partial charge in [0, 0.05) is 25.3 Å². The Labute approximate surface area is 112 Å². The standard InChI is InChI=1S/C13H21N3O3/c1-16(5-7-18-9-10-2-3-10)8-11-4-6-19-12(11)13(17)15-14/h4,6,10H,2-3,5,7-9,14H2,1H3,(H,15,17). The first-order valence-corrected chi connectivity index (χ1v) is 6.54. The van der Waals surface area contributed by atoms with Crippen LogP contribution in [0.1, 0.15) is 29.0 Å². The first-order chi connectivity index (χ1) is 9.20. The molecule has 0 atom stereocenters. The Balaban J connectivity index is 1.72. The fraction of sp³-hybridized carbons (Fsp3) is 0.615. The van der Waals surface area contributed by atoms with E-state index in [1.54, 1.807) is 6.07 Å². The molecule has 6 nitrogen and oxygen atoms in total. The van der Waals surface area contributed by atoms with Gasteiger partial charge in [0.25, 0.3) is 0 Å². The monoisotopic (exact) mass is 267 g/mol. The van der Waals surface area contributed by atoms with Crippen LogP contribution >= 0.6 is 0 Å². The van der Waals surface area contributed by atoms with Gasteiger partial charge in [-0.05, 0) is 31.9 Å². The SMILES string of the molecule is CN(CCOCC1CC1)Cc1ccoc1C(=O)NN. The molecule has 1 aliphatic rings. The van der Waals surface area contributed by atoms with E-state index in [1.165, 1.54) is 19.1 Å². The second kappa shape index (κ2) is 6.70. The van der Waals surface area contributed by atoms with Gasteiger partial charge in [0.15, 0.2) is 5.76 Å². The summed E-state index contributed by atoms with van der Waals surface area (Å²) in [5.74, 6) is 5.76. The molecule has 0 radical (unpaired) electrons. The third kappa shape index (κ3) is 4.34. The molecule has 0 aliphatic heterocycles. The number of hydrogen-bond acceptors (Lipinski definition) is 5. The molecular formula is C13H21N3O3. The van der Waals surface area contributed by atoms with Gasteiger partial charge in [-0.3, -0.25) is 15.1 Å². The zero-order chi connectivity index (χ0) is 13.7. The van der Waals surface area contributed by atoms with E-state index in [0.29, 0.717) is 13.2 Å². The number of furan rings is 1. The van der Waals surface area contributed by atoms with Crippen LogP contribution in [-0.2, 0) is 11.3 Å². The number of nitrogens with zero attached hydrogens (tertiary/aromatic N) is 1. The van der Waals surface area contributed by atoms with Crippen LogP contribution in [0.2, 0.25) is 0 Å². The van der Waals surface area contributed by atoms with Crippen molar-refractivity contribution in [3.05, 3.63) is 23.7 Å². The van der Waals surface area contributed by atoms with Crippen LogP contribution in [-0.4, -0.2) is 37.6 Å². The van der Waals surface area contributed by atoms with Gasteiger partial charge in [-0.25, -0.2) is 5.84 Å². The summed E-state index contributed by atoms with van der Waals surface area (Å²) in [6, 6.07) is 1.78. The van der Waals surface area contributed by atoms with Crippen molar-refractivity contribution in [1.82, 2.24) is 10.3 Å². The normalized spacial score (nSPS) is 14.9. The number of carbonyl (C=O) groups excluding carboxylic acids is 1. The Morgan fingerprint density at radius 3 is 3.11 bits per heavy atom. The van der Waals surface area contributed by atoms with Crippen molar-refractivity contribution in [2.45, 2.75) is 19.4 Å². The number of ether oxygens (including phenoxy) is 1. The van der Waals surface area contributed by atoms with Gasteiger partial charge in [-0.1, -0.05) is 0 Å². The topological polar surface area (TPSA) is 80.7 Å². The fourth-order valence-electron chi connectivity index (χ4n) is 1.85. The van der Waals surface area contributed by atoms with E-state index in [9.17, 15) is 4.79 Å². The van der Waals surface area contributed by atoms with Crippen molar-refractivity contribution in [2.24, 2.45) is 11.8 Å². The van der Waals surface area contributed by atoms with Crippen LogP contribution in [0.4, 0.5) is 0 Å². The van der Waals surface area contributed by atoms with E-state index in [1.807, 2.05) is 7.05 Å². The van der Waals surface area contributed by atoms with Gasteiger partial charge >= 0.3 is 5.91 Å². The molecule has 1 fully saturated rings. The van der Waals surface area contributed by atoms with Gasteiger partial charge in [-0.2, -0.15) is 0 Å². The quantitative estimate of drug-likeness (QED) is 0.314. The molecule has 1 aromatic heterocycles. The lowest BCUT2D eigenvalue weighted by Crippen LogP contribution is -2.31. The molecule has 106 valence electrons. The number of nitrogen functional groups attached to an aromatic ring is 1. The maximum absolute atomic E-state index is 11.4. The van der Waals surface area contributed by atoms with E-state index in [-0.39, 0.29) is 5.76 Å². The highest BCUT2D eigenvalue weighted by molar-refractivity contribution is 5.92. The number of nitrogens with one attached hydrogen (secondary N) is 1. The highest BCUT2D eigenvalue weighted by Gasteiger charge is 2.21. The maximum atomic E-state index is 11.4. The summed E-state index contributed by atoms with van der Waals surface area (Å²) in [7, 11) is 1.98. The minimum absolute atomic E-state index is 0.272. The second-order valence-electron chi connectivity index (χ2n) is 5.00. The van der Waals surface area contributed by atoms with E-state index in [0.717, 1.165) is 24.6 Å². The molecule has 1 saturated carbocycles. The van der Waals surface area contributed by atoms with Crippen molar-refractivity contribution in [2.75, 3.05) is 26.8 Å². The lowest BCUT2D eigenvalue weighted by Gasteiger charge is -2.16. The highest BCUT2D eigenvalue weighted by Crippen LogP contribution is 2.28. The smallest absolute Gasteiger partial charge is 0.301 e. The van der Waals surface area contributed by atoms with Crippen LogP contribution in [0.3, 0.4) is 0 Å². The summed E-state index contributed by atoms with van der Waals surface area (Å²) in [4.78, 5) is 13.5. The molecule has 1 amide bonds. The molecule has 1 heterocycles. The van der Waals surface area contributed by atoms with Gasteiger partial charge in [0.2, 0.25) is 0 Å². The summed E-state index contributed by atoms with van der Waals surface area (Å²) in [6.45, 7) is 3.04. The summed E-state index contributed by atoms with van der Waals surface area (Å²) < 4.78 is 10.7. The van der Waals surface area contributed by atoms with Crippen LogP contribution < -0.4 is 11.3 Å². The van der Waals surface area contributed by atoms with Crippen molar-refractivity contribution in [1.29, 1.82) is 0 Å². The Morgan fingerprint density at radius 1 is 1.63 bits per heavy atom. The Hall–Kier alpha value is -1.37. The van der Waals surface area contributed by atoms with Crippen molar-refractivity contribution in [3.8, 4) is 0 Å². The molecule has 2 rings (SSSR count). The van der Waals surface area contributed by atoms with Gasteiger partial charge in [-0.15, -0.1) is 0 Å². The Bertz CT molecular complexity index is 415. The molecule has 1 aliphatic carbocycles. The van der Waals surface area contributed by atoms with E-state index in [4.69, 9.17) is 15.0 Å². The van der Waals surface area contributed by atoms with Crippen molar-refractivity contribution < 1.29 is 13.9 Å². The highest BCUT2D eigenvalue weighted by atomic mass is 16.5. The van der Waals surface area contributed by atoms with Crippen molar-refractivity contribution in [3.63, 3.8) is 0 Å². The van der Waals surface area contributed by atoms with Crippen LogP contribution in [0, 0.1) is 5.92 Å². The number of hydrazine groups is 1. The number of carbonyl (C=O) groups is 1. The number of nitrogens with two attached hydrogens (primary N) is 1. The zero-order valence-electron chi connectivity index (χ0n) is 11.2. The van der Waals surface area contributed by atoms with Gasteiger partial charge in [0.1, 0.15) is 0 Å². The summed E-state index contributed by atoms with van der Waals surface area (Å²) in [5, 5.41) is 0. The summed E-state index contributed by atoms with van der Waals surface area (Å²) in [6.07, 6.45) is 4.11. The molecule has 0 saturated heterocycles. The number of amides is 1. The molecule has 3 N–H and O–H groups in total. The summed E-state index contributed by atoms with van der Waals surface area (Å²) in [5.41, 5.74) is 2.90. The van der Waals surface area contributed by atoms with E-state index in [2.05, 4.69) is 10.3 Å². The molecular weight excluding hydrogens is 246 g/mol. The van der Waals surface area contributed by atoms with Gasteiger partial charge < -0.3 is 9.15 Å². The first-order valence-electron chi connectivity index (χ1n) is 6.54. The summed E-state index contributed by atoms with van der Waals surface area (Å²) >= 11 is 0. The minimum atomic E-state index is -0.404. The zero-order valence-corrected chi connectivity index (χ0v) is 11.2. The molecule has 0 spiro atoms. The fourth-order valence-corrected chi connectivity index (χ4v) is 1.85. The van der Waals surface area contributed by atoms with Crippen molar-refractivity contribution >= 4 is 5.91 Å². The first kappa shape index (κ1) is 14.0. The second-order valence-corrected chi connectivity index (χ2v) is 5.00. The number of hydrogen-bond donors (Lipinski definition) is 2. The van der Waals surface area contributed by atoms with Crippen LogP contribution in [0.25, 0.3) is 0 Å². The molecule has 19 heavy (non-hydrogen) atoms. The van der Waals surface area contributed by atoms with Gasteiger partial charge in [0.05, 0.1) is 12.9 Å². The minimum Gasteiger partial charge on any atom is -0.459 e. The predicted octanol–water partition coefficient (Wildman–Crippen LogP) is 0.742. The lowest BCUT2D eigenvalue weighted by atomic mass is 10.2. The Kier molecular flexibility index (Phi) is 4.95. The molecule has 0 unspecified atom stereocenters. The third-order valence-electron chi connectivity index (χ3n) is 3.19. The maximum Gasteiger partial charge on any atom is 0.301 e.